The van der Waals surface area contributed by atoms with Crippen LogP contribution in [0.3, 0.4) is 0 Å². The van der Waals surface area contributed by atoms with E-state index in [-0.39, 0.29) is 53.0 Å². The molecule has 2 N–H and O–H groups in total. The molecular formula is C33H54N2O6. The zero-order valence-corrected chi connectivity index (χ0v) is 26.9. The van der Waals surface area contributed by atoms with E-state index in [9.17, 15) is 19.2 Å². The molecule has 1 aromatic rings. The lowest BCUT2D eigenvalue weighted by Crippen LogP contribution is -2.45. The van der Waals surface area contributed by atoms with Crippen molar-refractivity contribution in [3.05, 3.63) is 29.8 Å². The lowest BCUT2D eigenvalue weighted by atomic mass is 9.88. The number of nitrogens with one attached hydrogen (secondary N) is 2. The van der Waals surface area contributed by atoms with E-state index in [0.717, 1.165) is 6.42 Å². The topological polar surface area (TPSA) is 111 Å². The standard InChI is InChI=1S/C33H54N2O6/c1-23(2)30(35-29(38)11-10-17-40-19-20-41-18-16-28(37)33(7,8)9)27(36)21-24(3)31(39)34-26-14-12-25(13-15-26)22-32(4,5)6/h12-15,23-24,30H,10-11,16-22H2,1-9H3,(H,34,39)(H,35,38)/t24-,30+/m1/s1. The van der Waals surface area contributed by atoms with Gasteiger partial charge in [0.25, 0.3) is 0 Å². The summed E-state index contributed by atoms with van der Waals surface area (Å²) < 4.78 is 11.0. The highest BCUT2D eigenvalue weighted by atomic mass is 16.5. The van der Waals surface area contributed by atoms with Crippen LogP contribution < -0.4 is 10.6 Å². The lowest BCUT2D eigenvalue weighted by molar-refractivity contribution is -0.131. The Balaban J connectivity index is 2.37. The van der Waals surface area contributed by atoms with Crippen LogP contribution in [-0.2, 0) is 35.1 Å². The van der Waals surface area contributed by atoms with Crippen LogP contribution in [0.25, 0.3) is 0 Å². The smallest absolute Gasteiger partial charge is 0.227 e. The van der Waals surface area contributed by atoms with Crippen molar-refractivity contribution in [2.24, 2.45) is 22.7 Å². The number of hydrogen-bond acceptors (Lipinski definition) is 6. The number of carbonyl (C=O) groups is 4. The van der Waals surface area contributed by atoms with E-state index in [0.29, 0.717) is 45.0 Å². The number of anilines is 1. The van der Waals surface area contributed by atoms with Gasteiger partial charge in [0, 0.05) is 42.9 Å². The van der Waals surface area contributed by atoms with Gasteiger partial charge < -0.3 is 20.1 Å². The van der Waals surface area contributed by atoms with Crippen molar-refractivity contribution in [2.45, 2.75) is 100 Å². The number of ketones is 2. The molecule has 232 valence electrons. The van der Waals surface area contributed by atoms with Gasteiger partial charge in [-0.15, -0.1) is 0 Å². The van der Waals surface area contributed by atoms with Crippen LogP contribution in [0.5, 0.6) is 0 Å². The van der Waals surface area contributed by atoms with Crippen LogP contribution in [0.1, 0.15) is 93.6 Å². The average Bonchev–Trinajstić information content (AvgIpc) is 2.85. The van der Waals surface area contributed by atoms with Gasteiger partial charge in [0.05, 0.1) is 25.9 Å². The van der Waals surface area contributed by atoms with E-state index in [1.54, 1.807) is 6.92 Å². The van der Waals surface area contributed by atoms with Crippen LogP contribution in [0.15, 0.2) is 24.3 Å². The first kappa shape index (κ1) is 36.4. The van der Waals surface area contributed by atoms with E-state index < -0.39 is 12.0 Å². The van der Waals surface area contributed by atoms with Gasteiger partial charge in [-0.1, -0.05) is 74.4 Å². The van der Waals surface area contributed by atoms with Crippen molar-refractivity contribution in [1.82, 2.24) is 5.32 Å². The number of ether oxygens (including phenoxy) is 2. The molecule has 0 saturated heterocycles. The highest BCUT2D eigenvalue weighted by Crippen LogP contribution is 2.22. The molecule has 1 rings (SSSR count). The Morgan fingerprint density at radius 3 is 1.93 bits per heavy atom. The molecule has 0 aliphatic heterocycles. The first-order valence-electron chi connectivity index (χ1n) is 14.9. The van der Waals surface area contributed by atoms with Crippen molar-refractivity contribution in [2.75, 3.05) is 31.7 Å². The number of rotatable bonds is 18. The predicted molar refractivity (Wildman–Crippen MR) is 164 cm³/mol. The summed E-state index contributed by atoms with van der Waals surface area (Å²) in [5, 5.41) is 5.74. The third-order valence-electron chi connectivity index (χ3n) is 6.62. The maximum absolute atomic E-state index is 13.0. The zero-order valence-electron chi connectivity index (χ0n) is 26.9. The van der Waals surface area contributed by atoms with Crippen LogP contribution in [-0.4, -0.2) is 55.9 Å². The summed E-state index contributed by atoms with van der Waals surface area (Å²) >= 11 is 0. The SMILES string of the molecule is CC(C)[C@H](NC(=O)CCCOCCOCCC(=O)C(C)(C)C)C(=O)C[C@@H](C)C(=O)Nc1ccc(CC(C)(C)C)cc1. The Hall–Kier alpha value is -2.58. The van der Waals surface area contributed by atoms with Crippen molar-refractivity contribution < 1.29 is 28.7 Å². The minimum absolute atomic E-state index is 0.0432. The zero-order chi connectivity index (χ0) is 31.2. The molecule has 2 atom stereocenters. The number of amides is 2. The van der Waals surface area contributed by atoms with Gasteiger partial charge in [-0.25, -0.2) is 0 Å². The van der Waals surface area contributed by atoms with Gasteiger partial charge in [-0.2, -0.15) is 0 Å². The third-order valence-corrected chi connectivity index (χ3v) is 6.62. The van der Waals surface area contributed by atoms with Crippen LogP contribution >= 0.6 is 0 Å². The van der Waals surface area contributed by atoms with Gasteiger partial charge >= 0.3 is 0 Å². The quantitative estimate of drug-likeness (QED) is 0.215. The minimum atomic E-state index is -0.653. The molecule has 1 aromatic carbocycles. The minimum Gasteiger partial charge on any atom is -0.379 e. The van der Waals surface area contributed by atoms with Gasteiger partial charge in [-0.05, 0) is 41.9 Å². The summed E-state index contributed by atoms with van der Waals surface area (Å²) in [6, 6.07) is 7.14. The Kier molecular flexibility index (Phi) is 15.5. The second-order valence-electron chi connectivity index (χ2n) is 13.5. The first-order valence-corrected chi connectivity index (χ1v) is 14.9. The highest BCUT2D eigenvalue weighted by Gasteiger charge is 2.27. The summed E-state index contributed by atoms with van der Waals surface area (Å²) in [4.78, 5) is 50.1. The van der Waals surface area contributed by atoms with Gasteiger partial charge in [-0.3, -0.25) is 19.2 Å². The highest BCUT2D eigenvalue weighted by molar-refractivity contribution is 5.97. The summed E-state index contributed by atoms with van der Waals surface area (Å²) in [7, 11) is 0. The molecule has 8 nitrogen and oxygen atoms in total. The Morgan fingerprint density at radius 1 is 0.805 bits per heavy atom. The normalized spacial score (nSPS) is 13.5. The van der Waals surface area contributed by atoms with E-state index in [4.69, 9.17) is 9.47 Å². The van der Waals surface area contributed by atoms with Crippen LogP contribution in [0, 0.1) is 22.7 Å². The van der Waals surface area contributed by atoms with Gasteiger partial charge in [0.1, 0.15) is 5.78 Å². The van der Waals surface area contributed by atoms with E-state index >= 15 is 0 Å². The molecule has 0 aliphatic carbocycles. The van der Waals surface area contributed by atoms with Crippen molar-refractivity contribution in [1.29, 1.82) is 0 Å². The predicted octanol–water partition coefficient (Wildman–Crippen LogP) is 5.77. The van der Waals surface area contributed by atoms with Crippen molar-refractivity contribution in [3.8, 4) is 0 Å². The molecule has 0 fully saturated rings. The molecule has 0 radical (unpaired) electrons. The first-order chi connectivity index (χ1) is 19.0. The van der Waals surface area contributed by atoms with E-state index in [2.05, 4.69) is 31.4 Å². The molecule has 0 aliphatic rings. The number of carbonyl (C=O) groups excluding carboxylic acids is 4. The van der Waals surface area contributed by atoms with Gasteiger partial charge in [0.2, 0.25) is 11.8 Å². The van der Waals surface area contributed by atoms with Crippen LogP contribution in [0.2, 0.25) is 0 Å². The van der Waals surface area contributed by atoms with E-state index in [1.807, 2.05) is 58.9 Å². The molecule has 0 heterocycles. The molecule has 0 spiro atoms. The molecule has 0 unspecified atom stereocenters. The molecule has 41 heavy (non-hydrogen) atoms. The Morgan fingerprint density at radius 2 is 1.39 bits per heavy atom. The molecule has 0 aromatic heterocycles. The summed E-state index contributed by atoms with van der Waals surface area (Å²) in [6.07, 6.45) is 2.12. The van der Waals surface area contributed by atoms with Crippen molar-refractivity contribution >= 4 is 29.1 Å². The maximum Gasteiger partial charge on any atom is 0.227 e. The molecule has 0 bridgehead atoms. The average molecular weight is 575 g/mol. The summed E-state index contributed by atoms with van der Waals surface area (Å²) in [6.45, 7) is 19.3. The monoisotopic (exact) mass is 574 g/mol. The summed E-state index contributed by atoms with van der Waals surface area (Å²) in [5.41, 5.74) is 1.73. The van der Waals surface area contributed by atoms with Gasteiger partial charge in [0.15, 0.2) is 5.78 Å². The second kappa shape index (κ2) is 17.4. The second-order valence-corrected chi connectivity index (χ2v) is 13.5. The fraction of sp³-hybridized carbons (Fsp3) is 0.697. The lowest BCUT2D eigenvalue weighted by Gasteiger charge is -2.23. The fourth-order valence-corrected chi connectivity index (χ4v) is 4.17. The van der Waals surface area contributed by atoms with E-state index in [1.165, 1.54) is 5.56 Å². The summed E-state index contributed by atoms with van der Waals surface area (Å²) in [5.74, 6) is -1.07. The Labute approximate surface area is 247 Å². The number of hydrogen-bond donors (Lipinski definition) is 2. The van der Waals surface area contributed by atoms with Crippen molar-refractivity contribution in [3.63, 3.8) is 0 Å². The largest absolute Gasteiger partial charge is 0.379 e. The molecular weight excluding hydrogens is 520 g/mol. The third kappa shape index (κ3) is 15.9. The maximum atomic E-state index is 13.0. The fourth-order valence-electron chi connectivity index (χ4n) is 4.17. The molecule has 2 amide bonds. The molecule has 0 saturated carbocycles. The Bertz CT molecular complexity index is 973. The van der Waals surface area contributed by atoms with Crippen LogP contribution in [0.4, 0.5) is 5.69 Å². The number of benzene rings is 1. The number of Topliss-reactive ketones (excluding diaryl/α,β-unsaturated/α-hetero) is 2. The molecule has 8 heteroatoms.